The lowest BCUT2D eigenvalue weighted by Gasteiger charge is -2.32. The maximum Gasteiger partial charge on any atom is 0.258 e. The van der Waals surface area contributed by atoms with Crippen molar-refractivity contribution in [3.8, 4) is 0 Å². The predicted molar refractivity (Wildman–Crippen MR) is 120 cm³/mol. The molecular weight excluding hydrogens is 388 g/mol. The molecule has 0 saturated carbocycles. The highest BCUT2D eigenvalue weighted by molar-refractivity contribution is 6.03. The van der Waals surface area contributed by atoms with Gasteiger partial charge in [0.2, 0.25) is 0 Å². The summed E-state index contributed by atoms with van der Waals surface area (Å²) >= 11 is 0. The van der Waals surface area contributed by atoms with E-state index in [4.69, 9.17) is 4.98 Å². The third-order valence-electron chi connectivity index (χ3n) is 5.78. The zero-order chi connectivity index (χ0) is 21.0. The number of amides is 1. The molecular formula is C24H24N6O. The average molecular weight is 412 g/mol. The number of hydrogen-bond acceptors (Lipinski definition) is 5. The summed E-state index contributed by atoms with van der Waals surface area (Å²) in [7, 11) is 0. The van der Waals surface area contributed by atoms with Crippen LogP contribution in [0.5, 0.6) is 0 Å². The molecule has 1 aliphatic rings. The molecule has 1 saturated heterocycles. The number of para-hydroxylation sites is 1. The standard InChI is InChI=1S/C24H24N6O/c31-24(19-5-3-12-25-16-19)28-23-9-13-26-30(23)21-10-14-29(15-11-21)17-20-8-7-18-4-1-2-6-22(18)27-20/h1-9,12-13,16,21H,10-11,14-15,17H2,(H,28,31). The van der Waals surface area contributed by atoms with Gasteiger partial charge in [-0.3, -0.25) is 19.7 Å². The minimum atomic E-state index is -0.172. The number of fused-ring (bicyclic) bond motifs is 1. The van der Waals surface area contributed by atoms with Gasteiger partial charge in [-0.05, 0) is 37.1 Å². The number of rotatable bonds is 5. The molecule has 0 spiro atoms. The monoisotopic (exact) mass is 412 g/mol. The van der Waals surface area contributed by atoms with Gasteiger partial charge in [0.1, 0.15) is 5.82 Å². The summed E-state index contributed by atoms with van der Waals surface area (Å²) < 4.78 is 1.94. The maximum absolute atomic E-state index is 12.5. The fourth-order valence-electron chi connectivity index (χ4n) is 4.14. The number of nitrogens with one attached hydrogen (secondary N) is 1. The van der Waals surface area contributed by atoms with Gasteiger partial charge < -0.3 is 5.32 Å². The Balaban J connectivity index is 1.21. The van der Waals surface area contributed by atoms with E-state index in [1.165, 1.54) is 5.39 Å². The summed E-state index contributed by atoms with van der Waals surface area (Å²) in [5.74, 6) is 0.554. The molecule has 0 radical (unpaired) electrons. The van der Waals surface area contributed by atoms with Crippen molar-refractivity contribution in [2.45, 2.75) is 25.4 Å². The molecule has 31 heavy (non-hydrogen) atoms. The summed E-state index contributed by atoms with van der Waals surface area (Å²) in [5, 5.41) is 8.63. The number of carbonyl (C=O) groups is 1. The molecule has 7 heteroatoms. The topological polar surface area (TPSA) is 75.9 Å². The number of anilines is 1. The largest absolute Gasteiger partial charge is 0.307 e. The minimum absolute atomic E-state index is 0.172. The minimum Gasteiger partial charge on any atom is -0.307 e. The Morgan fingerprint density at radius 2 is 1.87 bits per heavy atom. The number of benzene rings is 1. The number of pyridine rings is 2. The molecule has 0 atom stereocenters. The van der Waals surface area contributed by atoms with Crippen LogP contribution in [-0.4, -0.2) is 43.6 Å². The maximum atomic E-state index is 12.5. The lowest BCUT2D eigenvalue weighted by atomic mass is 10.0. The van der Waals surface area contributed by atoms with Gasteiger partial charge in [0.15, 0.2) is 0 Å². The first-order valence-electron chi connectivity index (χ1n) is 10.6. The van der Waals surface area contributed by atoms with Crippen LogP contribution in [-0.2, 0) is 6.54 Å². The van der Waals surface area contributed by atoms with Gasteiger partial charge in [-0.15, -0.1) is 0 Å². The van der Waals surface area contributed by atoms with Crippen molar-refractivity contribution in [3.05, 3.63) is 84.4 Å². The van der Waals surface area contributed by atoms with E-state index in [1.807, 2.05) is 22.9 Å². The molecule has 3 aromatic heterocycles. The first-order valence-corrected chi connectivity index (χ1v) is 10.6. The summed E-state index contributed by atoms with van der Waals surface area (Å²) in [4.78, 5) is 23.7. The third-order valence-corrected chi connectivity index (χ3v) is 5.78. The van der Waals surface area contributed by atoms with Crippen molar-refractivity contribution >= 4 is 22.6 Å². The van der Waals surface area contributed by atoms with Crippen LogP contribution in [0.3, 0.4) is 0 Å². The molecule has 4 aromatic rings. The molecule has 1 N–H and O–H groups in total. The normalized spacial score (nSPS) is 15.2. The fraction of sp³-hybridized carbons (Fsp3) is 0.250. The summed E-state index contributed by atoms with van der Waals surface area (Å²) in [6, 6.07) is 18.1. The molecule has 1 aliphatic heterocycles. The number of piperidine rings is 1. The number of aromatic nitrogens is 4. The Labute approximate surface area is 180 Å². The van der Waals surface area contributed by atoms with Crippen LogP contribution in [0.25, 0.3) is 10.9 Å². The molecule has 7 nitrogen and oxygen atoms in total. The molecule has 4 heterocycles. The second-order valence-corrected chi connectivity index (χ2v) is 7.86. The summed E-state index contributed by atoms with van der Waals surface area (Å²) in [6.07, 6.45) is 6.91. The first-order chi connectivity index (χ1) is 15.3. The van der Waals surface area contributed by atoms with Crippen molar-refractivity contribution in [2.24, 2.45) is 0 Å². The summed E-state index contributed by atoms with van der Waals surface area (Å²) in [5.41, 5.74) is 2.68. The third kappa shape index (κ3) is 4.32. The van der Waals surface area contributed by atoms with E-state index < -0.39 is 0 Å². The number of carbonyl (C=O) groups excluding carboxylic acids is 1. The van der Waals surface area contributed by atoms with E-state index in [9.17, 15) is 4.79 Å². The second-order valence-electron chi connectivity index (χ2n) is 7.86. The van der Waals surface area contributed by atoms with Crippen LogP contribution in [0.2, 0.25) is 0 Å². The SMILES string of the molecule is O=C(Nc1ccnn1C1CCN(Cc2ccc3ccccc3n2)CC1)c1cccnc1. The van der Waals surface area contributed by atoms with Crippen molar-refractivity contribution in [1.82, 2.24) is 24.6 Å². The van der Waals surface area contributed by atoms with Gasteiger partial charge in [0.05, 0.1) is 29.0 Å². The molecule has 0 unspecified atom stereocenters. The Kier molecular flexibility index (Phi) is 5.41. The van der Waals surface area contributed by atoms with E-state index in [0.29, 0.717) is 5.56 Å². The zero-order valence-electron chi connectivity index (χ0n) is 17.2. The van der Waals surface area contributed by atoms with Gasteiger partial charge in [0.25, 0.3) is 5.91 Å². The molecule has 1 fully saturated rings. The number of likely N-dealkylation sites (tertiary alicyclic amines) is 1. The second kappa shape index (κ2) is 8.65. The first kappa shape index (κ1) is 19.4. The quantitative estimate of drug-likeness (QED) is 0.538. The van der Waals surface area contributed by atoms with Gasteiger partial charge in [-0.25, -0.2) is 4.68 Å². The highest BCUT2D eigenvalue weighted by atomic mass is 16.1. The average Bonchev–Trinajstić information content (AvgIpc) is 3.28. The van der Waals surface area contributed by atoms with E-state index in [-0.39, 0.29) is 11.9 Å². The Morgan fingerprint density at radius 1 is 1.00 bits per heavy atom. The van der Waals surface area contributed by atoms with Crippen LogP contribution in [0.15, 0.2) is 73.2 Å². The van der Waals surface area contributed by atoms with E-state index >= 15 is 0 Å². The van der Waals surface area contributed by atoms with E-state index in [0.717, 1.165) is 49.5 Å². The van der Waals surface area contributed by atoms with Gasteiger partial charge in [-0.1, -0.05) is 24.3 Å². The van der Waals surface area contributed by atoms with Crippen LogP contribution in [0.4, 0.5) is 5.82 Å². The molecule has 0 bridgehead atoms. The summed E-state index contributed by atoms with van der Waals surface area (Å²) in [6.45, 7) is 2.78. The lowest BCUT2D eigenvalue weighted by molar-refractivity contribution is 0.102. The van der Waals surface area contributed by atoms with Crippen molar-refractivity contribution in [1.29, 1.82) is 0 Å². The van der Waals surface area contributed by atoms with Crippen LogP contribution < -0.4 is 5.32 Å². The van der Waals surface area contributed by atoms with Gasteiger partial charge >= 0.3 is 0 Å². The Morgan fingerprint density at radius 3 is 2.71 bits per heavy atom. The Bertz CT molecular complexity index is 1180. The molecule has 0 aliphatic carbocycles. The van der Waals surface area contributed by atoms with Gasteiger partial charge in [-0.2, -0.15) is 5.10 Å². The van der Waals surface area contributed by atoms with Crippen molar-refractivity contribution in [3.63, 3.8) is 0 Å². The lowest BCUT2D eigenvalue weighted by Crippen LogP contribution is -2.35. The highest BCUT2D eigenvalue weighted by Crippen LogP contribution is 2.26. The smallest absolute Gasteiger partial charge is 0.258 e. The molecule has 5 rings (SSSR count). The fourth-order valence-corrected chi connectivity index (χ4v) is 4.14. The predicted octanol–water partition coefficient (Wildman–Crippen LogP) is 3.92. The number of nitrogens with zero attached hydrogens (tertiary/aromatic N) is 5. The zero-order valence-corrected chi connectivity index (χ0v) is 17.2. The van der Waals surface area contributed by atoms with Crippen LogP contribution in [0.1, 0.15) is 34.9 Å². The van der Waals surface area contributed by atoms with E-state index in [2.05, 4.69) is 44.6 Å². The molecule has 156 valence electrons. The highest BCUT2D eigenvalue weighted by Gasteiger charge is 2.23. The van der Waals surface area contributed by atoms with Crippen molar-refractivity contribution in [2.75, 3.05) is 18.4 Å². The van der Waals surface area contributed by atoms with Crippen molar-refractivity contribution < 1.29 is 4.79 Å². The van der Waals surface area contributed by atoms with E-state index in [1.54, 1.807) is 30.7 Å². The van der Waals surface area contributed by atoms with Crippen LogP contribution in [0, 0.1) is 0 Å². The molecule has 1 amide bonds. The molecule has 1 aromatic carbocycles. The number of hydrogen-bond donors (Lipinski definition) is 1. The van der Waals surface area contributed by atoms with Crippen LogP contribution >= 0.6 is 0 Å². The Hall–Kier alpha value is -3.58. The van der Waals surface area contributed by atoms with Gasteiger partial charge in [0, 0.05) is 43.5 Å².